The molecule has 16 heavy (non-hydrogen) atoms. The number of anilines is 1. The highest BCUT2D eigenvalue weighted by Gasteiger charge is 2.12. The van der Waals surface area contributed by atoms with Crippen LogP contribution < -0.4 is 11.1 Å². The molecular formula is C11H14N2O3. The van der Waals surface area contributed by atoms with E-state index in [9.17, 15) is 9.59 Å². The first-order valence-electron chi connectivity index (χ1n) is 4.88. The molecule has 0 radical (unpaired) electrons. The van der Waals surface area contributed by atoms with Gasteiger partial charge >= 0.3 is 5.97 Å². The Morgan fingerprint density at radius 1 is 1.44 bits per heavy atom. The highest BCUT2D eigenvalue weighted by Crippen LogP contribution is 2.16. The Kier molecular flexibility index (Phi) is 3.88. The first-order valence-corrected chi connectivity index (χ1v) is 4.88. The summed E-state index contributed by atoms with van der Waals surface area (Å²) >= 11 is 0. The van der Waals surface area contributed by atoms with Gasteiger partial charge in [-0.05, 0) is 19.1 Å². The number of primary amides is 1. The Hall–Kier alpha value is -2.04. The van der Waals surface area contributed by atoms with Crippen molar-refractivity contribution < 1.29 is 14.7 Å². The molecule has 0 saturated heterocycles. The SMILES string of the molecule is CC(CC(N)=O)Nc1ccccc1C(=O)O. The van der Waals surface area contributed by atoms with Crippen molar-refractivity contribution in [1.82, 2.24) is 0 Å². The number of carbonyl (C=O) groups excluding carboxylic acids is 1. The van der Waals surface area contributed by atoms with Gasteiger partial charge in [0.25, 0.3) is 0 Å². The highest BCUT2D eigenvalue weighted by molar-refractivity contribution is 5.94. The minimum absolute atomic E-state index is 0.161. The number of carbonyl (C=O) groups is 2. The molecule has 0 spiro atoms. The molecule has 5 heteroatoms. The molecule has 0 aromatic heterocycles. The fourth-order valence-corrected chi connectivity index (χ4v) is 1.41. The van der Waals surface area contributed by atoms with Gasteiger partial charge in [0.15, 0.2) is 0 Å². The zero-order valence-corrected chi connectivity index (χ0v) is 8.93. The molecule has 5 nitrogen and oxygen atoms in total. The predicted octanol–water partition coefficient (Wildman–Crippen LogP) is 1.06. The number of rotatable bonds is 5. The maximum atomic E-state index is 10.9. The lowest BCUT2D eigenvalue weighted by Gasteiger charge is -2.15. The molecule has 1 aromatic carbocycles. The summed E-state index contributed by atoms with van der Waals surface area (Å²) in [4.78, 5) is 21.6. The van der Waals surface area contributed by atoms with Gasteiger partial charge in [-0.25, -0.2) is 4.79 Å². The average molecular weight is 222 g/mol. The number of amides is 1. The predicted molar refractivity (Wildman–Crippen MR) is 60.3 cm³/mol. The van der Waals surface area contributed by atoms with E-state index in [1.807, 2.05) is 0 Å². The second-order valence-electron chi connectivity index (χ2n) is 3.57. The third-order valence-electron chi connectivity index (χ3n) is 2.07. The quantitative estimate of drug-likeness (QED) is 0.694. The Balaban J connectivity index is 2.80. The second-order valence-corrected chi connectivity index (χ2v) is 3.57. The number of para-hydroxylation sites is 1. The Morgan fingerprint density at radius 3 is 2.62 bits per heavy atom. The van der Waals surface area contributed by atoms with Crippen molar-refractivity contribution in [3.8, 4) is 0 Å². The summed E-state index contributed by atoms with van der Waals surface area (Å²) in [5.41, 5.74) is 5.72. The van der Waals surface area contributed by atoms with Crippen LogP contribution in [0.25, 0.3) is 0 Å². The van der Waals surface area contributed by atoms with Gasteiger partial charge in [-0.3, -0.25) is 4.79 Å². The molecule has 0 fully saturated rings. The Morgan fingerprint density at radius 2 is 2.06 bits per heavy atom. The summed E-state index contributed by atoms with van der Waals surface area (Å²) in [5.74, 6) is -1.43. The number of carboxylic acids is 1. The van der Waals surface area contributed by atoms with Crippen LogP contribution in [0.5, 0.6) is 0 Å². The van der Waals surface area contributed by atoms with Crippen LogP contribution in [0.2, 0.25) is 0 Å². The van der Waals surface area contributed by atoms with Crippen LogP contribution in [-0.2, 0) is 4.79 Å². The van der Waals surface area contributed by atoms with E-state index in [4.69, 9.17) is 10.8 Å². The van der Waals surface area contributed by atoms with Crippen molar-refractivity contribution in [1.29, 1.82) is 0 Å². The fourth-order valence-electron chi connectivity index (χ4n) is 1.41. The van der Waals surface area contributed by atoms with Crippen molar-refractivity contribution in [2.45, 2.75) is 19.4 Å². The number of hydrogen-bond donors (Lipinski definition) is 3. The molecule has 86 valence electrons. The first-order chi connectivity index (χ1) is 7.50. The molecule has 0 heterocycles. The van der Waals surface area contributed by atoms with Gasteiger partial charge in [-0.2, -0.15) is 0 Å². The van der Waals surface area contributed by atoms with Gasteiger partial charge in [0.1, 0.15) is 0 Å². The lowest BCUT2D eigenvalue weighted by atomic mass is 10.1. The van der Waals surface area contributed by atoms with Crippen LogP contribution in [0.15, 0.2) is 24.3 Å². The molecular weight excluding hydrogens is 208 g/mol. The molecule has 4 N–H and O–H groups in total. The molecule has 0 bridgehead atoms. The number of nitrogens with one attached hydrogen (secondary N) is 1. The van der Waals surface area contributed by atoms with Gasteiger partial charge in [-0.15, -0.1) is 0 Å². The standard InChI is InChI=1S/C11H14N2O3/c1-7(6-10(12)14)13-9-5-3-2-4-8(9)11(15)16/h2-5,7,13H,6H2,1H3,(H2,12,14)(H,15,16). The molecule has 1 unspecified atom stereocenters. The molecule has 1 atom stereocenters. The van der Waals surface area contributed by atoms with Gasteiger partial charge in [0.05, 0.1) is 5.56 Å². The van der Waals surface area contributed by atoms with Crippen LogP contribution in [0, 0.1) is 0 Å². The van der Waals surface area contributed by atoms with Crippen LogP contribution in [-0.4, -0.2) is 23.0 Å². The van der Waals surface area contributed by atoms with E-state index < -0.39 is 11.9 Å². The molecule has 1 amide bonds. The largest absolute Gasteiger partial charge is 0.478 e. The van der Waals surface area contributed by atoms with Crippen molar-refractivity contribution in [3.05, 3.63) is 29.8 Å². The van der Waals surface area contributed by atoms with E-state index in [1.165, 1.54) is 6.07 Å². The number of hydrogen-bond acceptors (Lipinski definition) is 3. The topological polar surface area (TPSA) is 92.4 Å². The number of aromatic carboxylic acids is 1. The number of carboxylic acid groups (broad SMARTS) is 1. The molecule has 0 aliphatic rings. The maximum absolute atomic E-state index is 10.9. The van der Waals surface area contributed by atoms with E-state index in [-0.39, 0.29) is 18.0 Å². The van der Waals surface area contributed by atoms with Crippen molar-refractivity contribution >= 4 is 17.6 Å². The van der Waals surface area contributed by atoms with Crippen molar-refractivity contribution in [2.24, 2.45) is 5.73 Å². The summed E-state index contributed by atoms with van der Waals surface area (Å²) in [6.07, 6.45) is 0.161. The molecule has 0 saturated carbocycles. The summed E-state index contributed by atoms with van der Waals surface area (Å²) in [5, 5.41) is 11.9. The van der Waals surface area contributed by atoms with Crippen LogP contribution >= 0.6 is 0 Å². The van der Waals surface area contributed by atoms with E-state index in [0.29, 0.717) is 5.69 Å². The van der Waals surface area contributed by atoms with E-state index in [0.717, 1.165) is 0 Å². The zero-order valence-electron chi connectivity index (χ0n) is 8.93. The second kappa shape index (κ2) is 5.16. The van der Waals surface area contributed by atoms with Crippen LogP contribution in [0.1, 0.15) is 23.7 Å². The monoisotopic (exact) mass is 222 g/mol. The zero-order chi connectivity index (χ0) is 12.1. The van der Waals surface area contributed by atoms with Gasteiger partial charge in [-0.1, -0.05) is 12.1 Å². The summed E-state index contributed by atoms with van der Waals surface area (Å²) in [7, 11) is 0. The normalized spacial score (nSPS) is 11.8. The number of nitrogens with two attached hydrogens (primary N) is 1. The molecule has 0 aliphatic heterocycles. The molecule has 0 aliphatic carbocycles. The minimum atomic E-state index is -1.01. The van der Waals surface area contributed by atoms with E-state index in [2.05, 4.69) is 5.32 Å². The Labute approximate surface area is 93.3 Å². The Bertz CT molecular complexity index is 404. The lowest BCUT2D eigenvalue weighted by Crippen LogP contribution is -2.24. The lowest BCUT2D eigenvalue weighted by molar-refractivity contribution is -0.118. The first kappa shape index (κ1) is 12.0. The maximum Gasteiger partial charge on any atom is 0.337 e. The third-order valence-corrected chi connectivity index (χ3v) is 2.07. The van der Waals surface area contributed by atoms with Crippen LogP contribution in [0.4, 0.5) is 5.69 Å². The average Bonchev–Trinajstić information content (AvgIpc) is 2.16. The van der Waals surface area contributed by atoms with Crippen molar-refractivity contribution in [3.63, 3.8) is 0 Å². The number of benzene rings is 1. The molecule has 1 rings (SSSR count). The fraction of sp³-hybridized carbons (Fsp3) is 0.273. The van der Waals surface area contributed by atoms with Crippen molar-refractivity contribution in [2.75, 3.05) is 5.32 Å². The minimum Gasteiger partial charge on any atom is -0.478 e. The molecule has 1 aromatic rings. The van der Waals surface area contributed by atoms with Crippen LogP contribution in [0.3, 0.4) is 0 Å². The summed E-state index contributed by atoms with van der Waals surface area (Å²) in [6.45, 7) is 1.77. The smallest absolute Gasteiger partial charge is 0.337 e. The summed E-state index contributed by atoms with van der Waals surface area (Å²) in [6, 6.07) is 6.33. The van der Waals surface area contributed by atoms with Gasteiger partial charge < -0.3 is 16.2 Å². The highest BCUT2D eigenvalue weighted by atomic mass is 16.4. The van der Waals surface area contributed by atoms with Gasteiger partial charge in [0, 0.05) is 18.2 Å². The summed E-state index contributed by atoms with van der Waals surface area (Å²) < 4.78 is 0. The third kappa shape index (κ3) is 3.27. The van der Waals surface area contributed by atoms with E-state index >= 15 is 0 Å². The van der Waals surface area contributed by atoms with E-state index in [1.54, 1.807) is 25.1 Å². The van der Waals surface area contributed by atoms with Gasteiger partial charge in [0.2, 0.25) is 5.91 Å².